The number of para-hydroxylation sites is 1. The number of aryl methyl sites for hydroxylation is 1. The summed E-state index contributed by atoms with van der Waals surface area (Å²) in [5.74, 6) is -1.03. The van der Waals surface area contributed by atoms with Crippen LogP contribution in [0, 0.1) is 5.82 Å². The van der Waals surface area contributed by atoms with Crippen LogP contribution in [0.4, 0.5) is 9.18 Å². The number of hydrogen-bond acceptors (Lipinski definition) is 5. The molecule has 0 saturated carbocycles. The molecule has 0 unspecified atom stereocenters. The van der Waals surface area contributed by atoms with Crippen molar-refractivity contribution in [2.75, 3.05) is 13.2 Å². The fourth-order valence-corrected chi connectivity index (χ4v) is 5.64. The van der Waals surface area contributed by atoms with E-state index < -0.39 is 17.0 Å². The van der Waals surface area contributed by atoms with Crippen LogP contribution in [-0.2, 0) is 33.8 Å². The molecule has 0 bridgehead atoms. The molecule has 2 fully saturated rings. The minimum atomic E-state index is -0.460. The quantitative estimate of drug-likeness (QED) is 0.428. The van der Waals surface area contributed by atoms with Gasteiger partial charge in [0.1, 0.15) is 12.4 Å². The van der Waals surface area contributed by atoms with E-state index in [1.807, 2.05) is 29.0 Å². The van der Waals surface area contributed by atoms with Crippen molar-refractivity contribution < 1.29 is 23.5 Å². The van der Waals surface area contributed by atoms with Crippen LogP contribution in [0.25, 0.3) is 17.0 Å². The van der Waals surface area contributed by atoms with Gasteiger partial charge in [-0.1, -0.05) is 43.3 Å². The van der Waals surface area contributed by atoms with Gasteiger partial charge in [0.15, 0.2) is 0 Å². The fraction of sp³-hybridized carbons (Fsp3) is 0.321. The van der Waals surface area contributed by atoms with Crippen LogP contribution in [0.3, 0.4) is 0 Å². The van der Waals surface area contributed by atoms with E-state index in [1.165, 1.54) is 6.07 Å². The average Bonchev–Trinajstić information content (AvgIpc) is 3.60. The van der Waals surface area contributed by atoms with E-state index in [-0.39, 0.29) is 35.6 Å². The van der Waals surface area contributed by atoms with Gasteiger partial charge in [0.05, 0.1) is 23.1 Å². The molecule has 0 radical (unpaired) electrons. The molecule has 5 rings (SSSR count). The van der Waals surface area contributed by atoms with Crippen molar-refractivity contribution in [3.05, 3.63) is 76.1 Å². The van der Waals surface area contributed by atoms with E-state index in [9.17, 15) is 18.8 Å². The summed E-state index contributed by atoms with van der Waals surface area (Å²) in [5.41, 5.74) is 3.03. The van der Waals surface area contributed by atoms with Crippen LogP contribution >= 0.6 is 11.8 Å². The molecule has 2 aromatic carbocycles. The predicted molar refractivity (Wildman–Crippen MR) is 141 cm³/mol. The molecule has 2 aliphatic heterocycles. The first-order chi connectivity index (χ1) is 17.9. The molecular formula is C28H28FN3O4S. The van der Waals surface area contributed by atoms with Gasteiger partial charge in [0, 0.05) is 35.9 Å². The van der Waals surface area contributed by atoms with Crippen LogP contribution in [0.15, 0.2) is 53.6 Å². The lowest BCUT2D eigenvalue weighted by molar-refractivity contribution is -0.123. The largest absolute Gasteiger partial charge is 0.376 e. The van der Waals surface area contributed by atoms with Crippen LogP contribution in [-0.4, -0.2) is 45.8 Å². The number of aromatic nitrogens is 1. The Morgan fingerprint density at radius 1 is 1.19 bits per heavy atom. The molecule has 0 spiro atoms. The Kier molecular flexibility index (Phi) is 7.43. The number of carbonyl (C=O) groups is 3. The number of ether oxygens (including phenoxy) is 1. The number of nitrogens with zero attached hydrogens (tertiary/aromatic N) is 2. The maximum Gasteiger partial charge on any atom is 0.293 e. The highest BCUT2D eigenvalue weighted by Crippen LogP contribution is 2.36. The lowest BCUT2D eigenvalue weighted by Gasteiger charge is -2.12. The van der Waals surface area contributed by atoms with E-state index in [2.05, 4.69) is 12.2 Å². The highest BCUT2D eigenvalue weighted by Gasteiger charge is 2.35. The van der Waals surface area contributed by atoms with Crippen molar-refractivity contribution in [1.29, 1.82) is 0 Å². The monoisotopic (exact) mass is 521 g/mol. The Hall–Kier alpha value is -3.43. The Bertz CT molecular complexity index is 1390. The van der Waals surface area contributed by atoms with Gasteiger partial charge in [-0.05, 0) is 48.7 Å². The van der Waals surface area contributed by atoms with Crippen molar-refractivity contribution in [2.45, 2.75) is 45.4 Å². The van der Waals surface area contributed by atoms with Gasteiger partial charge in [0.25, 0.3) is 11.1 Å². The summed E-state index contributed by atoms with van der Waals surface area (Å²) in [5, 5.41) is 3.42. The molecule has 2 saturated heterocycles. The second kappa shape index (κ2) is 10.9. The number of hydrogen-bond donors (Lipinski definition) is 1. The van der Waals surface area contributed by atoms with Crippen LogP contribution in [0.5, 0.6) is 0 Å². The minimum absolute atomic E-state index is 0.0621. The van der Waals surface area contributed by atoms with E-state index in [4.69, 9.17) is 4.74 Å². The van der Waals surface area contributed by atoms with Gasteiger partial charge in [-0.2, -0.15) is 0 Å². The molecule has 3 amide bonds. The van der Waals surface area contributed by atoms with Crippen molar-refractivity contribution in [3.8, 4) is 0 Å². The summed E-state index contributed by atoms with van der Waals surface area (Å²) < 4.78 is 21.6. The van der Waals surface area contributed by atoms with Crippen LogP contribution in [0.2, 0.25) is 0 Å². The summed E-state index contributed by atoms with van der Waals surface area (Å²) in [6, 6.07) is 12.0. The van der Waals surface area contributed by atoms with Gasteiger partial charge in [-0.25, -0.2) is 4.39 Å². The molecule has 37 heavy (non-hydrogen) atoms. The summed E-state index contributed by atoms with van der Waals surface area (Å²) >= 11 is 0.839. The molecule has 1 N–H and O–H groups in total. The Balaban J connectivity index is 1.41. The first kappa shape index (κ1) is 25.2. The lowest BCUT2D eigenvalue weighted by Crippen LogP contribution is -2.34. The molecule has 7 nitrogen and oxygen atoms in total. The van der Waals surface area contributed by atoms with Gasteiger partial charge in [-0.15, -0.1) is 0 Å². The third-order valence-electron chi connectivity index (χ3n) is 6.70. The number of carbonyl (C=O) groups excluding carboxylic acids is 3. The number of fused-ring (bicyclic) bond motifs is 1. The van der Waals surface area contributed by atoms with E-state index in [0.29, 0.717) is 6.54 Å². The first-order valence-electron chi connectivity index (χ1n) is 12.4. The SMILES string of the molecule is CCc1cccc2c(/C=C3\SC(=O)N(Cc4ccccc4F)C3=O)cn(CC(=O)NC[C@@H]3CCCO3)c12. The maximum atomic E-state index is 14.1. The number of benzene rings is 2. The molecular weight excluding hydrogens is 493 g/mol. The number of amides is 3. The third kappa shape index (κ3) is 5.33. The van der Waals surface area contributed by atoms with Crippen LogP contribution < -0.4 is 5.32 Å². The van der Waals surface area contributed by atoms with Crippen molar-refractivity contribution in [2.24, 2.45) is 0 Å². The molecule has 192 valence electrons. The summed E-state index contributed by atoms with van der Waals surface area (Å²) in [7, 11) is 0. The molecule has 2 aliphatic rings. The van der Waals surface area contributed by atoms with Gasteiger partial charge in [-0.3, -0.25) is 19.3 Å². The number of halogens is 1. The molecule has 3 aromatic rings. The fourth-order valence-electron chi connectivity index (χ4n) is 4.81. The summed E-state index contributed by atoms with van der Waals surface area (Å²) in [6.07, 6.45) is 6.33. The highest BCUT2D eigenvalue weighted by atomic mass is 32.2. The van der Waals surface area contributed by atoms with Gasteiger partial charge >= 0.3 is 0 Å². The highest BCUT2D eigenvalue weighted by molar-refractivity contribution is 8.18. The Morgan fingerprint density at radius 3 is 2.76 bits per heavy atom. The number of imide groups is 1. The van der Waals surface area contributed by atoms with Crippen LogP contribution in [0.1, 0.15) is 36.5 Å². The molecule has 1 atom stereocenters. The number of rotatable bonds is 8. The second-order valence-corrected chi connectivity index (χ2v) is 10.2. The zero-order chi connectivity index (χ0) is 25.9. The minimum Gasteiger partial charge on any atom is -0.376 e. The molecule has 3 heterocycles. The van der Waals surface area contributed by atoms with Crippen molar-refractivity contribution in [1.82, 2.24) is 14.8 Å². The lowest BCUT2D eigenvalue weighted by atomic mass is 10.1. The van der Waals surface area contributed by atoms with E-state index >= 15 is 0 Å². The smallest absolute Gasteiger partial charge is 0.293 e. The number of nitrogens with one attached hydrogen (secondary N) is 1. The third-order valence-corrected chi connectivity index (χ3v) is 7.61. The predicted octanol–water partition coefficient (Wildman–Crippen LogP) is 4.87. The average molecular weight is 522 g/mol. The molecule has 9 heteroatoms. The number of thioether (sulfide) groups is 1. The maximum absolute atomic E-state index is 14.1. The summed E-state index contributed by atoms with van der Waals surface area (Å²) in [4.78, 5) is 39.8. The first-order valence-corrected chi connectivity index (χ1v) is 13.2. The van der Waals surface area contributed by atoms with E-state index in [0.717, 1.165) is 64.6 Å². The Labute approximate surface area is 218 Å². The zero-order valence-corrected chi connectivity index (χ0v) is 21.4. The van der Waals surface area contributed by atoms with E-state index in [1.54, 1.807) is 24.3 Å². The van der Waals surface area contributed by atoms with Crippen molar-refractivity contribution >= 4 is 45.8 Å². The zero-order valence-electron chi connectivity index (χ0n) is 20.5. The standard InChI is InChI=1S/C28H28FN3O4S/c1-2-18-8-5-10-22-20(15-31(26(18)22)17-25(33)30-14-21-9-6-12-36-21)13-24-27(34)32(28(35)37-24)16-19-7-3-4-11-23(19)29/h3-5,7-8,10-11,13,15,21H,2,6,9,12,14,16-17H2,1H3,(H,30,33)/b24-13-/t21-/m0/s1. The second-order valence-electron chi connectivity index (χ2n) is 9.18. The van der Waals surface area contributed by atoms with Gasteiger partial charge in [0.2, 0.25) is 5.91 Å². The Morgan fingerprint density at radius 2 is 2.00 bits per heavy atom. The normalized spacial score (nSPS) is 18.9. The molecule has 0 aliphatic carbocycles. The van der Waals surface area contributed by atoms with Crippen molar-refractivity contribution in [3.63, 3.8) is 0 Å². The molecule has 1 aromatic heterocycles. The summed E-state index contributed by atoms with van der Waals surface area (Å²) in [6.45, 7) is 3.28. The topological polar surface area (TPSA) is 80.6 Å². The van der Waals surface area contributed by atoms with Gasteiger partial charge < -0.3 is 14.6 Å².